The Morgan fingerprint density at radius 3 is 2.53 bits per heavy atom. The molecule has 7 heteroatoms. The van der Waals surface area contributed by atoms with Crippen LogP contribution in [0.15, 0.2) is 35.7 Å². The van der Waals surface area contributed by atoms with Crippen LogP contribution in [0.1, 0.15) is 44.2 Å². The molecule has 2 amide bonds. The van der Waals surface area contributed by atoms with E-state index in [0.29, 0.717) is 24.7 Å². The maximum atomic E-state index is 13.3. The van der Waals surface area contributed by atoms with Crippen LogP contribution in [0, 0.1) is 0 Å². The summed E-state index contributed by atoms with van der Waals surface area (Å²) in [5.74, 6) is 1.14. The second kappa shape index (κ2) is 9.08. The maximum absolute atomic E-state index is 13.3. The van der Waals surface area contributed by atoms with E-state index in [4.69, 9.17) is 9.47 Å². The third kappa shape index (κ3) is 4.78. The molecule has 0 aliphatic carbocycles. The molecule has 2 aromatic rings. The Morgan fingerprint density at radius 1 is 1.20 bits per heavy atom. The van der Waals surface area contributed by atoms with Gasteiger partial charge in [0.15, 0.2) is 11.5 Å². The van der Waals surface area contributed by atoms with Crippen molar-refractivity contribution in [1.82, 2.24) is 9.80 Å². The first-order valence-corrected chi connectivity index (χ1v) is 11.0. The Morgan fingerprint density at radius 2 is 1.90 bits per heavy atom. The van der Waals surface area contributed by atoms with Gasteiger partial charge in [-0.05, 0) is 56.3 Å². The summed E-state index contributed by atoms with van der Waals surface area (Å²) in [6, 6.07) is 9.37. The van der Waals surface area contributed by atoms with Gasteiger partial charge in [-0.25, -0.2) is 0 Å². The number of ether oxygens (including phenoxy) is 2. The minimum atomic E-state index is -0.422. The molecule has 6 nitrogen and oxygen atoms in total. The smallest absolute Gasteiger partial charge is 0.242 e. The van der Waals surface area contributed by atoms with Gasteiger partial charge >= 0.3 is 0 Å². The van der Waals surface area contributed by atoms with E-state index in [1.807, 2.05) is 49.9 Å². The van der Waals surface area contributed by atoms with Gasteiger partial charge in [-0.1, -0.05) is 12.1 Å². The molecule has 0 radical (unpaired) electrons. The minimum Gasteiger partial charge on any atom is -0.493 e. The van der Waals surface area contributed by atoms with E-state index in [0.717, 1.165) is 12.0 Å². The van der Waals surface area contributed by atoms with Crippen LogP contribution in [0.3, 0.4) is 0 Å². The molecule has 1 aromatic heterocycles. The van der Waals surface area contributed by atoms with Crippen LogP contribution in [0.2, 0.25) is 0 Å². The van der Waals surface area contributed by atoms with Crippen LogP contribution in [0.5, 0.6) is 11.5 Å². The Bertz CT molecular complexity index is 903. The number of amides is 2. The molecule has 1 aliphatic heterocycles. The lowest BCUT2D eigenvalue weighted by atomic mass is 10.00. The summed E-state index contributed by atoms with van der Waals surface area (Å²) >= 11 is 1.71. The highest BCUT2D eigenvalue weighted by Gasteiger charge is 2.35. The summed E-state index contributed by atoms with van der Waals surface area (Å²) in [6.07, 6.45) is 0.819. The van der Waals surface area contributed by atoms with Crippen molar-refractivity contribution < 1.29 is 19.1 Å². The number of thiophene rings is 1. The molecule has 0 unspecified atom stereocenters. The van der Waals surface area contributed by atoms with Crippen LogP contribution in [-0.2, 0) is 16.0 Å². The van der Waals surface area contributed by atoms with Crippen molar-refractivity contribution in [2.45, 2.75) is 45.7 Å². The van der Waals surface area contributed by atoms with Gasteiger partial charge in [0.25, 0.3) is 0 Å². The molecule has 1 aliphatic rings. The molecular weight excluding hydrogens is 400 g/mol. The van der Waals surface area contributed by atoms with Crippen LogP contribution < -0.4 is 9.47 Å². The predicted octanol–water partition coefficient (Wildman–Crippen LogP) is 3.91. The van der Waals surface area contributed by atoms with Gasteiger partial charge in [-0.3, -0.25) is 9.59 Å². The first kappa shape index (κ1) is 22.2. The topological polar surface area (TPSA) is 59.1 Å². The summed E-state index contributed by atoms with van der Waals surface area (Å²) in [4.78, 5) is 30.2. The number of rotatable bonds is 6. The molecule has 0 bridgehead atoms. The molecule has 2 heterocycles. The zero-order chi connectivity index (χ0) is 21.9. The van der Waals surface area contributed by atoms with E-state index in [9.17, 15) is 9.59 Å². The average molecular weight is 431 g/mol. The zero-order valence-electron chi connectivity index (χ0n) is 18.3. The Kier molecular flexibility index (Phi) is 6.71. The first-order chi connectivity index (χ1) is 14.2. The van der Waals surface area contributed by atoms with E-state index in [1.54, 1.807) is 23.3 Å². The Labute approximate surface area is 182 Å². The SMILES string of the molecule is COc1ccccc1OC[C@H]1c2ccsc2CCN1C(=O)CN(C(C)=O)C(C)(C)C. The monoisotopic (exact) mass is 430 g/mol. The summed E-state index contributed by atoms with van der Waals surface area (Å²) in [5, 5.41) is 2.06. The van der Waals surface area contributed by atoms with Gasteiger partial charge in [0, 0.05) is 23.9 Å². The number of methoxy groups -OCH3 is 1. The number of hydrogen-bond acceptors (Lipinski definition) is 5. The van der Waals surface area contributed by atoms with Crippen LogP contribution in [-0.4, -0.2) is 54.0 Å². The third-order valence-electron chi connectivity index (χ3n) is 5.36. The minimum absolute atomic E-state index is 0.0590. The number of carbonyl (C=O) groups excluding carboxylic acids is 2. The highest BCUT2D eigenvalue weighted by atomic mass is 32.1. The fraction of sp³-hybridized carbons (Fsp3) is 0.478. The zero-order valence-corrected chi connectivity index (χ0v) is 19.1. The lowest BCUT2D eigenvalue weighted by Gasteiger charge is -2.40. The van der Waals surface area contributed by atoms with E-state index in [2.05, 4.69) is 11.4 Å². The number of para-hydroxylation sites is 2. The number of hydrogen-bond donors (Lipinski definition) is 0. The van der Waals surface area contributed by atoms with E-state index >= 15 is 0 Å². The van der Waals surface area contributed by atoms with Crippen molar-refractivity contribution in [1.29, 1.82) is 0 Å². The van der Waals surface area contributed by atoms with Gasteiger partial charge in [-0.2, -0.15) is 0 Å². The number of carbonyl (C=O) groups is 2. The molecule has 3 rings (SSSR count). The molecule has 0 N–H and O–H groups in total. The molecule has 1 aromatic carbocycles. The van der Waals surface area contributed by atoms with Crippen molar-refractivity contribution in [3.8, 4) is 11.5 Å². The van der Waals surface area contributed by atoms with Crippen LogP contribution >= 0.6 is 11.3 Å². The lowest BCUT2D eigenvalue weighted by Crippen LogP contribution is -2.52. The van der Waals surface area contributed by atoms with Crippen molar-refractivity contribution in [3.05, 3.63) is 46.2 Å². The van der Waals surface area contributed by atoms with Crippen molar-refractivity contribution >= 4 is 23.2 Å². The fourth-order valence-corrected chi connectivity index (χ4v) is 4.76. The van der Waals surface area contributed by atoms with Gasteiger partial charge in [-0.15, -0.1) is 11.3 Å². The molecule has 0 fully saturated rings. The lowest BCUT2D eigenvalue weighted by molar-refractivity contribution is -0.145. The largest absolute Gasteiger partial charge is 0.493 e. The normalized spacial score (nSPS) is 16.0. The highest BCUT2D eigenvalue weighted by molar-refractivity contribution is 7.10. The van der Waals surface area contributed by atoms with Crippen molar-refractivity contribution in [3.63, 3.8) is 0 Å². The Hall–Kier alpha value is -2.54. The Balaban J connectivity index is 1.82. The second-order valence-corrected chi connectivity index (χ2v) is 9.39. The maximum Gasteiger partial charge on any atom is 0.242 e. The van der Waals surface area contributed by atoms with Gasteiger partial charge in [0.05, 0.1) is 13.2 Å². The number of fused-ring (bicyclic) bond motifs is 1. The number of nitrogens with zero attached hydrogens (tertiary/aromatic N) is 2. The molecule has 30 heavy (non-hydrogen) atoms. The summed E-state index contributed by atoms with van der Waals surface area (Å²) in [5.41, 5.74) is 0.702. The fourth-order valence-electron chi connectivity index (χ4n) is 3.83. The molecular formula is C23H30N2O4S. The summed E-state index contributed by atoms with van der Waals surface area (Å²) in [6.45, 7) is 8.33. The van der Waals surface area contributed by atoms with Crippen LogP contribution in [0.25, 0.3) is 0 Å². The molecule has 0 spiro atoms. The molecule has 0 saturated carbocycles. The molecule has 162 valence electrons. The average Bonchev–Trinajstić information content (AvgIpc) is 3.18. The standard InChI is InChI=1S/C23H30N2O4S/c1-16(26)25(23(2,3)4)14-22(27)24-12-10-21-17(11-13-30-21)18(24)15-29-20-9-7-6-8-19(20)28-5/h6-9,11,13,18H,10,12,14-15H2,1-5H3/t18-/m0/s1. The molecule has 1 atom stereocenters. The summed E-state index contributed by atoms with van der Waals surface area (Å²) in [7, 11) is 1.61. The van der Waals surface area contributed by atoms with E-state index in [1.165, 1.54) is 11.8 Å². The van der Waals surface area contributed by atoms with Gasteiger partial charge in [0.1, 0.15) is 13.2 Å². The first-order valence-electron chi connectivity index (χ1n) is 10.1. The van der Waals surface area contributed by atoms with E-state index in [-0.39, 0.29) is 24.4 Å². The van der Waals surface area contributed by atoms with Crippen molar-refractivity contribution in [2.75, 3.05) is 26.8 Å². The van der Waals surface area contributed by atoms with Crippen molar-refractivity contribution in [2.24, 2.45) is 0 Å². The summed E-state index contributed by atoms with van der Waals surface area (Å²) < 4.78 is 11.5. The third-order valence-corrected chi connectivity index (χ3v) is 6.36. The van der Waals surface area contributed by atoms with Gasteiger partial charge in [0.2, 0.25) is 11.8 Å². The van der Waals surface area contributed by atoms with Gasteiger partial charge < -0.3 is 19.3 Å². The van der Waals surface area contributed by atoms with Crippen LogP contribution in [0.4, 0.5) is 0 Å². The quantitative estimate of drug-likeness (QED) is 0.697. The number of benzene rings is 1. The molecule has 0 saturated heterocycles. The highest BCUT2D eigenvalue weighted by Crippen LogP contribution is 2.35. The predicted molar refractivity (Wildman–Crippen MR) is 118 cm³/mol. The second-order valence-electron chi connectivity index (χ2n) is 8.39. The van der Waals surface area contributed by atoms with E-state index < -0.39 is 5.54 Å².